The van der Waals surface area contributed by atoms with Gasteiger partial charge in [0, 0.05) is 35.8 Å². The number of amides is 2. The summed E-state index contributed by atoms with van der Waals surface area (Å²) in [6.45, 7) is 3.91. The Balaban J connectivity index is 1.18. The summed E-state index contributed by atoms with van der Waals surface area (Å²) in [5.74, 6) is 3.02. The van der Waals surface area contributed by atoms with Gasteiger partial charge in [0.15, 0.2) is 0 Å². The first-order chi connectivity index (χ1) is 12.1. The zero-order valence-corrected chi connectivity index (χ0v) is 15.6. The van der Waals surface area contributed by atoms with Gasteiger partial charge in [-0.25, -0.2) is 0 Å². The van der Waals surface area contributed by atoms with E-state index in [0.717, 1.165) is 49.8 Å². The molecule has 0 aromatic carbocycles. The van der Waals surface area contributed by atoms with Crippen LogP contribution >= 0.6 is 11.3 Å². The predicted octanol–water partition coefficient (Wildman–Crippen LogP) is 3.15. The number of thiophene rings is 1. The summed E-state index contributed by atoms with van der Waals surface area (Å²) in [6, 6.07) is 2.17. The molecular weight excluding hydrogens is 332 g/mol. The van der Waals surface area contributed by atoms with Crippen molar-refractivity contribution in [2.45, 2.75) is 45.1 Å². The molecule has 1 N–H and O–H groups in total. The SMILES string of the molecule is CC1CC1C1CC1C(=O)NC1CCCC12CN(C(=O)c1ccsc1)C2. The van der Waals surface area contributed by atoms with E-state index in [4.69, 9.17) is 0 Å². The zero-order valence-electron chi connectivity index (χ0n) is 14.7. The maximum atomic E-state index is 12.7. The number of hydrogen-bond donors (Lipinski definition) is 1. The van der Waals surface area contributed by atoms with E-state index in [1.165, 1.54) is 12.8 Å². The number of likely N-dealkylation sites (tertiary alicyclic amines) is 1. The van der Waals surface area contributed by atoms with Crippen molar-refractivity contribution >= 4 is 23.2 Å². The lowest BCUT2D eigenvalue weighted by Gasteiger charge is -2.51. The molecule has 1 saturated heterocycles. The summed E-state index contributed by atoms with van der Waals surface area (Å²) in [5.41, 5.74) is 0.941. The topological polar surface area (TPSA) is 49.4 Å². The number of hydrogen-bond acceptors (Lipinski definition) is 3. The molecule has 1 spiro atoms. The number of nitrogens with zero attached hydrogens (tertiary/aromatic N) is 1. The fourth-order valence-corrected chi connectivity index (χ4v) is 6.01. The Morgan fingerprint density at radius 2 is 2.08 bits per heavy atom. The van der Waals surface area contributed by atoms with Crippen molar-refractivity contribution in [2.75, 3.05) is 13.1 Å². The number of carbonyl (C=O) groups is 2. The summed E-state index contributed by atoms with van der Waals surface area (Å²) >= 11 is 1.57. The third-order valence-corrected chi connectivity index (χ3v) is 7.87. The van der Waals surface area contributed by atoms with E-state index >= 15 is 0 Å². The molecule has 4 nitrogen and oxygen atoms in total. The Morgan fingerprint density at radius 1 is 1.28 bits per heavy atom. The van der Waals surface area contributed by atoms with Gasteiger partial charge < -0.3 is 10.2 Å². The van der Waals surface area contributed by atoms with E-state index in [1.54, 1.807) is 11.3 Å². The Kier molecular flexibility index (Phi) is 3.53. The van der Waals surface area contributed by atoms with Crippen LogP contribution in [0.3, 0.4) is 0 Å². The average molecular weight is 359 g/mol. The molecule has 1 aromatic rings. The minimum absolute atomic E-state index is 0.138. The molecule has 0 bridgehead atoms. The molecule has 5 unspecified atom stereocenters. The molecule has 5 heteroatoms. The molecule has 3 saturated carbocycles. The van der Waals surface area contributed by atoms with E-state index in [0.29, 0.717) is 5.92 Å². The molecule has 134 valence electrons. The van der Waals surface area contributed by atoms with Crippen molar-refractivity contribution < 1.29 is 9.59 Å². The predicted molar refractivity (Wildman–Crippen MR) is 97.3 cm³/mol. The van der Waals surface area contributed by atoms with Crippen LogP contribution in [0.4, 0.5) is 0 Å². The minimum atomic E-state index is 0.138. The summed E-state index contributed by atoms with van der Waals surface area (Å²) in [5, 5.41) is 7.26. The average Bonchev–Trinajstić information content (AvgIpc) is 3.36. The molecule has 1 aromatic heterocycles. The molecule has 2 amide bonds. The van der Waals surface area contributed by atoms with Gasteiger partial charge >= 0.3 is 0 Å². The van der Waals surface area contributed by atoms with Gasteiger partial charge in [-0.2, -0.15) is 11.3 Å². The van der Waals surface area contributed by atoms with Crippen LogP contribution in [-0.2, 0) is 4.79 Å². The van der Waals surface area contributed by atoms with Gasteiger partial charge in [0.2, 0.25) is 5.91 Å². The molecule has 2 heterocycles. The first kappa shape index (κ1) is 15.9. The van der Waals surface area contributed by atoms with Gasteiger partial charge in [0.1, 0.15) is 0 Å². The van der Waals surface area contributed by atoms with Crippen molar-refractivity contribution in [3.05, 3.63) is 22.4 Å². The van der Waals surface area contributed by atoms with Crippen molar-refractivity contribution in [3.8, 4) is 0 Å². The Bertz CT molecular complexity index is 695. The first-order valence-corrected chi connectivity index (χ1v) is 10.6. The van der Waals surface area contributed by atoms with E-state index < -0.39 is 0 Å². The molecule has 0 radical (unpaired) electrons. The van der Waals surface area contributed by atoms with Crippen LogP contribution < -0.4 is 5.32 Å². The van der Waals surface area contributed by atoms with E-state index in [9.17, 15) is 9.59 Å². The van der Waals surface area contributed by atoms with Gasteiger partial charge in [-0.1, -0.05) is 13.3 Å². The monoisotopic (exact) mass is 358 g/mol. The summed E-state index contributed by atoms with van der Waals surface area (Å²) in [4.78, 5) is 27.1. The van der Waals surface area contributed by atoms with Crippen LogP contribution in [0.15, 0.2) is 16.8 Å². The standard InChI is InChI=1S/C20H26N2O2S/c1-12-7-14(12)15-8-16(15)18(23)21-17-3-2-5-20(17)10-22(11-20)19(24)13-4-6-25-9-13/h4,6,9,12,14-17H,2-3,5,7-8,10-11H2,1H3,(H,21,23). The lowest BCUT2D eigenvalue weighted by molar-refractivity contribution is -0.125. The first-order valence-electron chi connectivity index (χ1n) is 9.69. The maximum absolute atomic E-state index is 12.7. The smallest absolute Gasteiger partial charge is 0.254 e. The van der Waals surface area contributed by atoms with Gasteiger partial charge in [0.25, 0.3) is 5.91 Å². The molecular formula is C20H26N2O2S. The molecule has 5 atom stereocenters. The molecule has 5 rings (SSSR count). The molecule has 4 fully saturated rings. The summed E-state index contributed by atoms with van der Waals surface area (Å²) in [7, 11) is 0. The van der Waals surface area contributed by atoms with Gasteiger partial charge in [0.05, 0.1) is 5.56 Å². The third-order valence-electron chi connectivity index (χ3n) is 7.19. The third kappa shape index (κ3) is 2.62. The number of carbonyl (C=O) groups excluding carboxylic acids is 2. The largest absolute Gasteiger partial charge is 0.352 e. The lowest BCUT2D eigenvalue weighted by atomic mass is 9.74. The highest BCUT2D eigenvalue weighted by molar-refractivity contribution is 7.08. The second-order valence-electron chi connectivity index (χ2n) is 8.87. The minimum Gasteiger partial charge on any atom is -0.352 e. The summed E-state index contributed by atoms with van der Waals surface area (Å²) in [6.07, 6.45) is 5.80. The van der Waals surface area contributed by atoms with Crippen molar-refractivity contribution in [1.29, 1.82) is 0 Å². The second kappa shape index (κ2) is 5.57. The Morgan fingerprint density at radius 3 is 2.76 bits per heavy atom. The number of nitrogens with one attached hydrogen (secondary N) is 1. The van der Waals surface area contributed by atoms with Crippen LogP contribution in [0, 0.1) is 29.1 Å². The van der Waals surface area contributed by atoms with Gasteiger partial charge in [-0.3, -0.25) is 9.59 Å². The molecule has 1 aliphatic heterocycles. The van der Waals surface area contributed by atoms with Crippen molar-refractivity contribution in [3.63, 3.8) is 0 Å². The fraction of sp³-hybridized carbons (Fsp3) is 0.700. The highest BCUT2D eigenvalue weighted by atomic mass is 32.1. The van der Waals surface area contributed by atoms with Crippen LogP contribution in [0.5, 0.6) is 0 Å². The molecule has 4 aliphatic rings. The van der Waals surface area contributed by atoms with Gasteiger partial charge in [-0.15, -0.1) is 0 Å². The maximum Gasteiger partial charge on any atom is 0.254 e. The quantitative estimate of drug-likeness (QED) is 0.899. The van der Waals surface area contributed by atoms with Crippen molar-refractivity contribution in [2.24, 2.45) is 29.1 Å². The van der Waals surface area contributed by atoms with Gasteiger partial charge in [-0.05, 0) is 54.9 Å². The second-order valence-corrected chi connectivity index (χ2v) is 9.65. The normalized spacial score (nSPS) is 37.6. The van der Waals surface area contributed by atoms with Crippen molar-refractivity contribution in [1.82, 2.24) is 10.2 Å². The Labute approximate surface area is 153 Å². The molecule has 3 aliphatic carbocycles. The summed E-state index contributed by atoms with van der Waals surface area (Å²) < 4.78 is 0. The number of rotatable bonds is 4. The Hall–Kier alpha value is -1.36. The van der Waals surface area contributed by atoms with E-state index in [2.05, 4.69) is 12.2 Å². The zero-order chi connectivity index (χ0) is 17.2. The lowest BCUT2D eigenvalue weighted by Crippen LogP contribution is -2.64. The van der Waals surface area contributed by atoms with Crippen LogP contribution in [0.1, 0.15) is 49.4 Å². The van der Waals surface area contributed by atoms with E-state index in [1.807, 2.05) is 21.7 Å². The van der Waals surface area contributed by atoms with Crippen LogP contribution in [0.2, 0.25) is 0 Å². The van der Waals surface area contributed by atoms with Crippen LogP contribution in [0.25, 0.3) is 0 Å². The molecule has 25 heavy (non-hydrogen) atoms. The highest BCUT2D eigenvalue weighted by Gasteiger charge is 2.57. The fourth-order valence-electron chi connectivity index (χ4n) is 5.38. The van der Waals surface area contributed by atoms with E-state index in [-0.39, 0.29) is 29.2 Å². The highest BCUT2D eigenvalue weighted by Crippen LogP contribution is 2.58. The van der Waals surface area contributed by atoms with Crippen LogP contribution in [-0.4, -0.2) is 35.8 Å².